The van der Waals surface area contributed by atoms with Crippen LogP contribution in [0.4, 0.5) is 0 Å². The van der Waals surface area contributed by atoms with E-state index in [0.29, 0.717) is 0 Å². The van der Waals surface area contributed by atoms with Gasteiger partial charge in [-0.1, -0.05) is 115 Å². The van der Waals surface area contributed by atoms with Crippen molar-refractivity contribution in [1.29, 1.82) is 0 Å². The van der Waals surface area contributed by atoms with Gasteiger partial charge in [0.15, 0.2) is 0 Å². The third kappa shape index (κ3) is 3.10. The van der Waals surface area contributed by atoms with Gasteiger partial charge >= 0.3 is 0 Å². The smallest absolute Gasteiger partial charge is 0.00992 e. The van der Waals surface area contributed by atoms with Crippen molar-refractivity contribution < 1.29 is 0 Å². The molecule has 0 unspecified atom stereocenters. The first-order valence-corrected chi connectivity index (χ1v) is 9.62. The molecule has 0 saturated carbocycles. The molecule has 0 bridgehead atoms. The Labute approximate surface area is 165 Å². The zero-order chi connectivity index (χ0) is 18.8. The zero-order valence-electron chi connectivity index (χ0n) is 15.5. The lowest BCUT2D eigenvalue weighted by molar-refractivity contribution is 1.60. The Hall–Kier alpha value is -3.64. The van der Waals surface area contributed by atoms with E-state index >= 15 is 0 Å². The monoisotopic (exact) mass is 356 g/mol. The molecule has 0 aliphatic rings. The molecule has 132 valence electrons. The van der Waals surface area contributed by atoms with Gasteiger partial charge in [0, 0.05) is 0 Å². The maximum absolute atomic E-state index is 2.27. The van der Waals surface area contributed by atoms with Gasteiger partial charge in [0.2, 0.25) is 0 Å². The Morgan fingerprint density at radius 3 is 1.61 bits per heavy atom. The summed E-state index contributed by atoms with van der Waals surface area (Å²) in [6, 6.07) is 38.8. The average Bonchev–Trinajstić information content (AvgIpc) is 2.77. The van der Waals surface area contributed by atoms with Crippen LogP contribution in [-0.4, -0.2) is 0 Å². The van der Waals surface area contributed by atoms with Crippen molar-refractivity contribution in [3.8, 4) is 11.1 Å². The van der Waals surface area contributed by atoms with Crippen LogP contribution in [0.5, 0.6) is 0 Å². The van der Waals surface area contributed by atoms with Crippen LogP contribution >= 0.6 is 0 Å². The van der Waals surface area contributed by atoms with Gasteiger partial charge in [-0.2, -0.15) is 0 Å². The predicted molar refractivity (Wildman–Crippen MR) is 122 cm³/mol. The van der Waals surface area contributed by atoms with E-state index in [9.17, 15) is 0 Å². The molecule has 0 N–H and O–H groups in total. The molecule has 0 heteroatoms. The van der Waals surface area contributed by atoms with Crippen molar-refractivity contribution in [1.82, 2.24) is 0 Å². The van der Waals surface area contributed by atoms with Crippen molar-refractivity contribution in [3.05, 3.63) is 120 Å². The van der Waals surface area contributed by atoms with E-state index < -0.39 is 0 Å². The van der Waals surface area contributed by atoms with Crippen molar-refractivity contribution in [2.75, 3.05) is 0 Å². The molecular weight excluding hydrogens is 336 g/mol. The summed E-state index contributed by atoms with van der Waals surface area (Å²) in [5, 5.41) is 5.14. The van der Waals surface area contributed by atoms with E-state index in [1.807, 2.05) is 0 Å². The second-order valence-electron chi connectivity index (χ2n) is 7.05. The van der Waals surface area contributed by atoms with Crippen molar-refractivity contribution in [2.45, 2.75) is 0 Å². The molecule has 0 aliphatic carbocycles. The first-order chi connectivity index (χ1) is 13.9. The first-order valence-electron chi connectivity index (χ1n) is 9.62. The van der Waals surface area contributed by atoms with Crippen LogP contribution in [0.25, 0.3) is 44.8 Å². The summed E-state index contributed by atoms with van der Waals surface area (Å²) in [5.41, 5.74) is 4.98. The number of hydrogen-bond acceptors (Lipinski definition) is 0. The molecule has 0 nitrogen and oxygen atoms in total. The van der Waals surface area contributed by atoms with Crippen LogP contribution in [-0.2, 0) is 0 Å². The van der Waals surface area contributed by atoms with Crippen LogP contribution in [0.2, 0.25) is 0 Å². The minimum absolute atomic E-state index is 1.21. The standard InChI is InChI=1S/C28H20/c1-2-8-22(9-3-1)23-17-14-21(15-18-23)16-19-28-26-12-6-4-10-24(26)20-25-11-5-7-13-27(25)28/h1-20H/b19-16+. The summed E-state index contributed by atoms with van der Waals surface area (Å²) >= 11 is 0. The molecule has 0 saturated heterocycles. The van der Waals surface area contributed by atoms with E-state index in [1.165, 1.54) is 43.8 Å². The van der Waals surface area contributed by atoms with E-state index in [1.54, 1.807) is 0 Å². The SMILES string of the molecule is C(=C\c1c2ccccc2cc2ccccc12)/c1ccc(-c2ccccc2)cc1. The van der Waals surface area contributed by atoms with Gasteiger partial charge in [-0.15, -0.1) is 0 Å². The highest BCUT2D eigenvalue weighted by molar-refractivity contribution is 6.07. The van der Waals surface area contributed by atoms with Crippen molar-refractivity contribution in [2.24, 2.45) is 0 Å². The Morgan fingerprint density at radius 2 is 0.964 bits per heavy atom. The summed E-state index contributed by atoms with van der Waals surface area (Å²) in [5.74, 6) is 0. The minimum atomic E-state index is 1.21. The van der Waals surface area contributed by atoms with E-state index in [-0.39, 0.29) is 0 Å². The topological polar surface area (TPSA) is 0 Å². The predicted octanol–water partition coefficient (Wildman–Crippen LogP) is 7.83. The highest BCUT2D eigenvalue weighted by Crippen LogP contribution is 2.30. The van der Waals surface area contributed by atoms with Gasteiger partial charge in [0.1, 0.15) is 0 Å². The van der Waals surface area contributed by atoms with Gasteiger partial charge in [0.25, 0.3) is 0 Å². The molecule has 0 aliphatic heterocycles. The van der Waals surface area contributed by atoms with Crippen molar-refractivity contribution >= 4 is 33.7 Å². The lowest BCUT2D eigenvalue weighted by Crippen LogP contribution is -1.83. The van der Waals surface area contributed by atoms with Gasteiger partial charge in [0.05, 0.1) is 0 Å². The van der Waals surface area contributed by atoms with Gasteiger partial charge in [-0.05, 0) is 49.9 Å². The maximum atomic E-state index is 2.27. The molecule has 5 rings (SSSR count). The maximum Gasteiger partial charge on any atom is -0.00992 e. The summed E-state index contributed by atoms with van der Waals surface area (Å²) in [4.78, 5) is 0. The molecule has 5 aromatic carbocycles. The fourth-order valence-corrected chi connectivity index (χ4v) is 3.83. The van der Waals surface area contributed by atoms with Gasteiger partial charge in [-0.3, -0.25) is 0 Å². The zero-order valence-corrected chi connectivity index (χ0v) is 15.5. The third-order valence-corrected chi connectivity index (χ3v) is 5.27. The highest BCUT2D eigenvalue weighted by Gasteiger charge is 2.04. The highest BCUT2D eigenvalue weighted by atomic mass is 14.1. The molecule has 5 aromatic rings. The van der Waals surface area contributed by atoms with E-state index in [4.69, 9.17) is 0 Å². The molecular formula is C28H20. The normalized spacial score (nSPS) is 11.4. The Bertz CT molecular complexity index is 1220. The Kier molecular flexibility index (Phi) is 4.23. The molecule has 0 amide bonds. The largest absolute Gasteiger partial charge is 0.0622 e. The number of fused-ring (bicyclic) bond motifs is 2. The lowest BCUT2D eigenvalue weighted by atomic mass is 9.96. The molecule has 28 heavy (non-hydrogen) atoms. The number of hydrogen-bond donors (Lipinski definition) is 0. The van der Waals surface area contributed by atoms with Gasteiger partial charge < -0.3 is 0 Å². The van der Waals surface area contributed by atoms with Crippen LogP contribution in [0.3, 0.4) is 0 Å². The van der Waals surface area contributed by atoms with Crippen LogP contribution in [0.15, 0.2) is 109 Å². The number of benzene rings is 5. The fourth-order valence-electron chi connectivity index (χ4n) is 3.83. The molecule has 0 aromatic heterocycles. The second-order valence-corrected chi connectivity index (χ2v) is 7.05. The van der Waals surface area contributed by atoms with E-state index in [2.05, 4.69) is 121 Å². The summed E-state index contributed by atoms with van der Waals surface area (Å²) in [7, 11) is 0. The average molecular weight is 356 g/mol. The minimum Gasteiger partial charge on any atom is -0.0622 e. The van der Waals surface area contributed by atoms with Crippen molar-refractivity contribution in [3.63, 3.8) is 0 Å². The second kappa shape index (κ2) is 7.17. The van der Waals surface area contributed by atoms with Crippen LogP contribution < -0.4 is 0 Å². The molecule has 0 atom stereocenters. The first kappa shape index (κ1) is 16.5. The summed E-state index contributed by atoms with van der Waals surface area (Å²) in [6.45, 7) is 0. The Balaban J connectivity index is 1.56. The lowest BCUT2D eigenvalue weighted by Gasteiger charge is -2.08. The Morgan fingerprint density at radius 1 is 0.429 bits per heavy atom. The fraction of sp³-hybridized carbons (Fsp3) is 0. The number of rotatable bonds is 3. The quantitative estimate of drug-likeness (QED) is 0.228. The van der Waals surface area contributed by atoms with Crippen LogP contribution in [0, 0.1) is 0 Å². The summed E-state index contributed by atoms with van der Waals surface area (Å²) in [6.07, 6.45) is 4.46. The van der Waals surface area contributed by atoms with Gasteiger partial charge in [-0.25, -0.2) is 0 Å². The van der Waals surface area contributed by atoms with Crippen LogP contribution in [0.1, 0.15) is 11.1 Å². The third-order valence-electron chi connectivity index (χ3n) is 5.27. The molecule has 0 radical (unpaired) electrons. The molecule has 0 fully saturated rings. The summed E-state index contributed by atoms with van der Waals surface area (Å²) < 4.78 is 0. The van der Waals surface area contributed by atoms with E-state index in [0.717, 1.165) is 0 Å². The molecule has 0 spiro atoms. The molecule has 0 heterocycles.